The standard InChI is InChI=1S/C48H73NO9/c1-6-7-8-9-10-11-12-13-14-15-16-17-18-19-23-27-35(50)58-48-36-34(30-47(53,43(56-5)41(48)51)42(36)57-44(52)33-25-21-20-22-26-33)46-29-24-28-45(32-54-3)31-49(2)40(46)37(48)38(55-4)39(45)46/h13-14,20-22,25-26,34,36-43,51,53H,6-12,15-19,23-24,27-32H2,1-5H3/b14-13-/t34-,36-,37+,38+,39-,40?,41+,42-,43+,45+,46-,47-,48-/m1/s1. The zero-order valence-corrected chi connectivity index (χ0v) is 36.1. The second-order valence-corrected chi connectivity index (χ2v) is 19.1. The van der Waals surface area contributed by atoms with Gasteiger partial charge in [0.1, 0.15) is 23.9 Å². The van der Waals surface area contributed by atoms with Gasteiger partial charge in [0.2, 0.25) is 0 Å². The maximum absolute atomic E-state index is 14.4. The Hall–Kier alpha value is -2.34. The number of unbranched alkanes of at least 4 members (excludes halogenated alkanes) is 11. The van der Waals surface area contributed by atoms with Crippen LogP contribution < -0.4 is 0 Å². The summed E-state index contributed by atoms with van der Waals surface area (Å²) in [5.74, 6) is -2.28. The molecule has 13 atom stereocenters. The number of hydrogen-bond acceptors (Lipinski definition) is 10. The molecule has 5 aliphatic carbocycles. The van der Waals surface area contributed by atoms with Crippen LogP contribution in [0.2, 0.25) is 0 Å². The van der Waals surface area contributed by atoms with Gasteiger partial charge in [-0.05, 0) is 81.9 Å². The van der Waals surface area contributed by atoms with Crippen molar-refractivity contribution in [2.45, 2.75) is 164 Å². The van der Waals surface area contributed by atoms with Gasteiger partial charge in [0.25, 0.3) is 0 Å². The van der Waals surface area contributed by atoms with Crippen LogP contribution in [0, 0.1) is 34.5 Å². The van der Waals surface area contributed by atoms with Crippen LogP contribution in [-0.2, 0) is 28.5 Å². The Morgan fingerprint density at radius 2 is 1.53 bits per heavy atom. The van der Waals surface area contributed by atoms with E-state index in [4.69, 9.17) is 23.7 Å². The van der Waals surface area contributed by atoms with Crippen molar-refractivity contribution >= 4 is 11.9 Å². The van der Waals surface area contributed by atoms with Gasteiger partial charge < -0.3 is 38.8 Å². The highest BCUT2D eigenvalue weighted by molar-refractivity contribution is 5.89. The highest BCUT2D eigenvalue weighted by Gasteiger charge is 2.90. The Balaban J connectivity index is 1.12. The number of hydrogen-bond donors (Lipinski definition) is 2. The molecule has 1 heterocycles. The van der Waals surface area contributed by atoms with Crippen molar-refractivity contribution in [3.05, 3.63) is 48.0 Å². The van der Waals surface area contributed by atoms with E-state index >= 15 is 0 Å². The Bertz CT molecular complexity index is 1570. The van der Waals surface area contributed by atoms with Gasteiger partial charge in [0.05, 0.1) is 18.3 Å². The van der Waals surface area contributed by atoms with Crippen LogP contribution in [0.15, 0.2) is 42.5 Å². The molecule has 1 spiro atoms. The lowest BCUT2D eigenvalue weighted by Crippen LogP contribution is -2.79. The lowest BCUT2D eigenvalue weighted by molar-refractivity contribution is -0.310. The van der Waals surface area contributed by atoms with Gasteiger partial charge in [-0.15, -0.1) is 0 Å². The largest absolute Gasteiger partial charge is 0.455 e. The fraction of sp³-hybridized carbons (Fsp3) is 0.792. The van der Waals surface area contributed by atoms with Crippen molar-refractivity contribution in [1.82, 2.24) is 4.90 Å². The summed E-state index contributed by atoms with van der Waals surface area (Å²) in [4.78, 5) is 30.8. The number of methoxy groups -OCH3 is 3. The van der Waals surface area contributed by atoms with Gasteiger partial charge in [-0.25, -0.2) is 4.79 Å². The number of rotatable bonds is 22. The maximum Gasteiger partial charge on any atom is 0.338 e. The number of benzene rings is 1. The third kappa shape index (κ3) is 7.21. The Kier molecular flexibility index (Phi) is 13.8. The van der Waals surface area contributed by atoms with E-state index in [1.165, 1.54) is 52.1 Å². The molecule has 6 aliphatic rings. The van der Waals surface area contributed by atoms with Crippen LogP contribution in [0.25, 0.3) is 0 Å². The van der Waals surface area contributed by atoms with Crippen molar-refractivity contribution < 1.29 is 43.5 Å². The van der Waals surface area contributed by atoms with Gasteiger partial charge in [-0.3, -0.25) is 4.79 Å². The SMILES string of the molecule is CCCCCCCC/C=C\CCCCCCCC(=O)O[C@]12[C@H]3[C@@H](OC(=O)c4ccccc4)[C@](O)(C[C@H]3[C@@]34CCC[C@@]5(COC)CN(C)C3[C@@H]1[C@H](OC)[C@H]54)[C@@H](OC)[C@@H]2O. The summed E-state index contributed by atoms with van der Waals surface area (Å²) in [5.41, 5.74) is -3.47. The number of likely N-dealkylation sites (tertiary alicyclic amines) is 1. The normalized spacial score (nSPS) is 39.6. The first-order chi connectivity index (χ1) is 28.1. The Morgan fingerprint density at radius 1 is 0.862 bits per heavy atom. The maximum atomic E-state index is 14.4. The van der Waals surface area contributed by atoms with Crippen molar-refractivity contribution in [2.75, 3.05) is 41.5 Å². The van der Waals surface area contributed by atoms with E-state index in [9.17, 15) is 19.8 Å². The van der Waals surface area contributed by atoms with Gasteiger partial charge in [-0.2, -0.15) is 0 Å². The lowest BCUT2D eigenvalue weighted by Gasteiger charge is -2.67. The number of carbonyl (C=O) groups is 2. The van der Waals surface area contributed by atoms with Crippen LogP contribution in [0.3, 0.4) is 0 Å². The Morgan fingerprint density at radius 3 is 2.19 bits per heavy atom. The molecule has 58 heavy (non-hydrogen) atoms. The number of allylic oxidation sites excluding steroid dienone is 2. The molecule has 10 heteroatoms. The lowest BCUT2D eigenvalue weighted by atomic mass is 9.44. The predicted octanol–water partition coefficient (Wildman–Crippen LogP) is 7.68. The molecule has 1 aliphatic heterocycles. The number of ether oxygens (including phenoxy) is 5. The summed E-state index contributed by atoms with van der Waals surface area (Å²) in [6, 6.07) is 8.71. The number of piperidine rings is 1. The van der Waals surface area contributed by atoms with Crippen LogP contribution in [0.5, 0.6) is 0 Å². The molecule has 0 radical (unpaired) electrons. The molecular formula is C48H73NO9. The molecule has 7 bridgehead atoms. The van der Waals surface area contributed by atoms with Crippen LogP contribution >= 0.6 is 0 Å². The summed E-state index contributed by atoms with van der Waals surface area (Å²) < 4.78 is 32.1. The minimum absolute atomic E-state index is 0.0301. The first kappa shape index (κ1) is 43.7. The number of esters is 2. The van der Waals surface area contributed by atoms with E-state index in [1.54, 1.807) is 38.5 Å². The summed E-state index contributed by atoms with van der Waals surface area (Å²) in [6.45, 7) is 3.61. The average molecular weight is 808 g/mol. The van der Waals surface area contributed by atoms with E-state index in [0.717, 1.165) is 57.9 Å². The fourth-order valence-corrected chi connectivity index (χ4v) is 14.4. The third-order valence-electron chi connectivity index (χ3n) is 16.0. The fourth-order valence-electron chi connectivity index (χ4n) is 14.4. The Labute approximate surface area is 347 Å². The van der Waals surface area contributed by atoms with Crippen LogP contribution in [0.4, 0.5) is 0 Å². The summed E-state index contributed by atoms with van der Waals surface area (Å²) in [5, 5.41) is 25.8. The molecule has 0 aromatic heterocycles. The molecule has 5 saturated carbocycles. The summed E-state index contributed by atoms with van der Waals surface area (Å²) >= 11 is 0. The first-order valence-corrected chi connectivity index (χ1v) is 22.9. The van der Waals surface area contributed by atoms with Gasteiger partial charge >= 0.3 is 11.9 Å². The molecule has 0 amide bonds. The molecule has 1 unspecified atom stereocenters. The molecule has 10 nitrogen and oxygen atoms in total. The summed E-state index contributed by atoms with van der Waals surface area (Å²) in [6.07, 6.45) is 19.1. The van der Waals surface area contributed by atoms with E-state index in [2.05, 4.69) is 31.0 Å². The van der Waals surface area contributed by atoms with E-state index in [-0.39, 0.29) is 53.6 Å². The topological polar surface area (TPSA) is 124 Å². The third-order valence-corrected chi connectivity index (χ3v) is 16.0. The zero-order chi connectivity index (χ0) is 41.1. The minimum Gasteiger partial charge on any atom is -0.455 e. The van der Waals surface area contributed by atoms with E-state index in [1.807, 2.05) is 6.07 Å². The molecule has 1 saturated heterocycles. The molecule has 324 valence electrons. The van der Waals surface area contributed by atoms with Crippen molar-refractivity contribution in [3.63, 3.8) is 0 Å². The predicted molar refractivity (Wildman–Crippen MR) is 222 cm³/mol. The molecular weight excluding hydrogens is 735 g/mol. The van der Waals surface area contributed by atoms with Crippen LogP contribution in [-0.4, -0.2) is 110 Å². The van der Waals surface area contributed by atoms with Crippen molar-refractivity contribution in [3.8, 4) is 0 Å². The minimum atomic E-state index is -1.71. The molecule has 6 fully saturated rings. The van der Waals surface area contributed by atoms with Crippen molar-refractivity contribution in [1.29, 1.82) is 0 Å². The van der Waals surface area contributed by atoms with E-state index < -0.39 is 47.3 Å². The quantitative estimate of drug-likeness (QED) is 0.0686. The molecule has 1 aromatic rings. The monoisotopic (exact) mass is 808 g/mol. The van der Waals surface area contributed by atoms with Crippen molar-refractivity contribution in [2.24, 2.45) is 34.5 Å². The molecule has 2 N–H and O–H groups in total. The highest BCUT2D eigenvalue weighted by atomic mass is 16.6. The summed E-state index contributed by atoms with van der Waals surface area (Å²) in [7, 11) is 7.14. The number of aliphatic hydroxyl groups is 2. The number of carbonyl (C=O) groups excluding carboxylic acids is 2. The smallest absolute Gasteiger partial charge is 0.338 e. The second-order valence-electron chi connectivity index (χ2n) is 19.1. The van der Waals surface area contributed by atoms with E-state index in [0.29, 0.717) is 18.6 Å². The number of nitrogens with zero attached hydrogens (tertiary/aromatic N) is 1. The average Bonchev–Trinajstić information content (AvgIpc) is 3.60. The molecule has 7 rings (SSSR count). The second kappa shape index (κ2) is 18.3. The van der Waals surface area contributed by atoms with Gasteiger partial charge in [-0.1, -0.05) is 95.1 Å². The number of aliphatic hydroxyl groups excluding tert-OH is 1. The zero-order valence-electron chi connectivity index (χ0n) is 36.1. The van der Waals surface area contributed by atoms with Gasteiger partial charge in [0, 0.05) is 63.5 Å². The molecule has 1 aromatic carbocycles. The highest BCUT2D eigenvalue weighted by Crippen LogP contribution is 2.80. The number of fused-ring (bicyclic) bond motifs is 2. The van der Waals surface area contributed by atoms with Gasteiger partial charge in [0.15, 0.2) is 5.60 Å². The van der Waals surface area contributed by atoms with Crippen LogP contribution in [0.1, 0.15) is 133 Å². The first-order valence-electron chi connectivity index (χ1n) is 22.9.